The molecule has 0 aliphatic carbocycles. The first-order valence-electron chi connectivity index (χ1n) is 18.9. The van der Waals surface area contributed by atoms with Gasteiger partial charge in [-0.3, -0.25) is 0 Å². The summed E-state index contributed by atoms with van der Waals surface area (Å²) in [4.78, 5) is 27.3. The molecule has 6 nitrogen and oxygen atoms in total. The number of benzene rings is 1. The molecular weight excluding hydrogens is 612 g/mol. The van der Waals surface area contributed by atoms with E-state index in [1.165, 1.54) is 96.0 Å². The first kappa shape index (κ1) is 41.3. The number of dihydropyridines is 1. The molecule has 1 aliphatic heterocycles. The molecule has 48 heavy (non-hydrogen) atoms. The smallest absolute Gasteiger partial charge is 0.387 e. The van der Waals surface area contributed by atoms with Gasteiger partial charge in [0.2, 0.25) is 0 Å². The van der Waals surface area contributed by atoms with Crippen LogP contribution in [0.3, 0.4) is 0 Å². The molecule has 1 aromatic rings. The number of rotatable bonds is 27. The Balaban J connectivity index is 2.03. The fourth-order valence-corrected chi connectivity index (χ4v) is 6.43. The normalized spacial score (nSPS) is 13.6. The molecule has 1 aliphatic rings. The average Bonchev–Trinajstić information content (AvgIpc) is 3.05. The number of ether oxygens (including phenoxy) is 3. The zero-order valence-corrected chi connectivity index (χ0v) is 30.3. The minimum absolute atomic E-state index is 0.0972. The highest BCUT2D eigenvalue weighted by atomic mass is 19.3. The number of allylic oxidation sites excluding steroid dienone is 2. The Labute approximate surface area is 289 Å². The molecule has 0 aromatic heterocycles. The van der Waals surface area contributed by atoms with Crippen molar-refractivity contribution in [2.24, 2.45) is 0 Å². The Morgan fingerprint density at radius 2 is 1.00 bits per heavy atom. The van der Waals surface area contributed by atoms with E-state index in [2.05, 4.69) is 19.2 Å². The molecule has 0 unspecified atom stereocenters. The molecule has 0 amide bonds. The number of halogens is 2. The van der Waals surface area contributed by atoms with E-state index >= 15 is 0 Å². The van der Waals surface area contributed by atoms with Gasteiger partial charge in [-0.2, -0.15) is 8.78 Å². The zero-order chi connectivity index (χ0) is 35.0. The number of para-hydroxylation sites is 1. The number of esters is 2. The molecule has 2 rings (SSSR count). The van der Waals surface area contributed by atoms with E-state index in [0.29, 0.717) is 11.4 Å². The summed E-state index contributed by atoms with van der Waals surface area (Å²) in [6, 6.07) is 6.30. The van der Waals surface area contributed by atoms with E-state index in [1.807, 2.05) is 0 Å². The Kier molecular flexibility index (Phi) is 21.6. The van der Waals surface area contributed by atoms with E-state index in [4.69, 9.17) is 14.2 Å². The number of hydrogen-bond acceptors (Lipinski definition) is 6. The maximum absolute atomic E-state index is 13.6. The highest BCUT2D eigenvalue weighted by molar-refractivity contribution is 6.00. The topological polar surface area (TPSA) is 73.9 Å². The predicted molar refractivity (Wildman–Crippen MR) is 190 cm³/mol. The zero-order valence-electron chi connectivity index (χ0n) is 30.3. The van der Waals surface area contributed by atoms with Gasteiger partial charge < -0.3 is 19.5 Å². The first-order chi connectivity index (χ1) is 23.3. The van der Waals surface area contributed by atoms with Gasteiger partial charge in [0.25, 0.3) is 0 Å². The summed E-state index contributed by atoms with van der Waals surface area (Å²) >= 11 is 0. The highest BCUT2D eigenvalue weighted by Crippen LogP contribution is 2.43. The summed E-state index contributed by atoms with van der Waals surface area (Å²) in [5, 5.41) is 3.16. The molecule has 1 aromatic carbocycles. The van der Waals surface area contributed by atoms with E-state index < -0.39 is 24.5 Å². The van der Waals surface area contributed by atoms with E-state index in [0.717, 1.165) is 38.5 Å². The second-order valence-corrected chi connectivity index (χ2v) is 13.2. The van der Waals surface area contributed by atoms with Gasteiger partial charge in [-0.05, 0) is 32.8 Å². The molecule has 0 saturated carbocycles. The quantitative estimate of drug-likeness (QED) is 0.0739. The average molecular weight is 676 g/mol. The molecule has 0 atom stereocenters. The van der Waals surface area contributed by atoms with Crippen molar-refractivity contribution in [1.82, 2.24) is 5.32 Å². The van der Waals surface area contributed by atoms with Crippen molar-refractivity contribution in [2.75, 3.05) is 13.2 Å². The second-order valence-electron chi connectivity index (χ2n) is 13.2. The fourth-order valence-electron chi connectivity index (χ4n) is 6.43. The predicted octanol–water partition coefficient (Wildman–Crippen LogP) is 11.5. The van der Waals surface area contributed by atoms with Crippen LogP contribution in [-0.2, 0) is 19.1 Å². The third kappa shape index (κ3) is 15.5. The van der Waals surface area contributed by atoms with Gasteiger partial charge in [0.1, 0.15) is 5.75 Å². The van der Waals surface area contributed by atoms with Crippen molar-refractivity contribution in [2.45, 2.75) is 169 Å². The van der Waals surface area contributed by atoms with Crippen LogP contribution < -0.4 is 10.1 Å². The minimum Gasteiger partial charge on any atom is -0.462 e. The van der Waals surface area contributed by atoms with Gasteiger partial charge in [0.05, 0.1) is 30.3 Å². The third-order valence-electron chi connectivity index (χ3n) is 9.11. The van der Waals surface area contributed by atoms with Gasteiger partial charge in [-0.15, -0.1) is 0 Å². The molecule has 0 radical (unpaired) electrons. The largest absolute Gasteiger partial charge is 0.462 e. The van der Waals surface area contributed by atoms with E-state index in [1.54, 1.807) is 32.0 Å². The van der Waals surface area contributed by atoms with Crippen LogP contribution in [-0.4, -0.2) is 31.8 Å². The number of carbonyl (C=O) groups excluding carboxylic acids is 2. The lowest BCUT2D eigenvalue weighted by molar-refractivity contribution is -0.140. The van der Waals surface area contributed by atoms with Crippen LogP contribution in [0, 0.1) is 0 Å². The van der Waals surface area contributed by atoms with Crippen molar-refractivity contribution in [3.8, 4) is 5.75 Å². The van der Waals surface area contributed by atoms with Crippen LogP contribution >= 0.6 is 0 Å². The van der Waals surface area contributed by atoms with Crippen molar-refractivity contribution < 1.29 is 32.6 Å². The fraction of sp³-hybridized carbons (Fsp3) is 0.700. The van der Waals surface area contributed by atoms with E-state index in [9.17, 15) is 18.4 Å². The summed E-state index contributed by atoms with van der Waals surface area (Å²) in [5.74, 6) is -2.25. The van der Waals surface area contributed by atoms with Crippen LogP contribution in [0.25, 0.3) is 0 Å². The number of hydrogen-bond donors (Lipinski definition) is 1. The molecule has 0 spiro atoms. The number of unbranched alkanes of at least 4 members (excludes halogenated alkanes) is 18. The summed E-state index contributed by atoms with van der Waals surface area (Å²) in [5.41, 5.74) is 1.69. The van der Waals surface area contributed by atoms with Crippen LogP contribution in [0.4, 0.5) is 8.78 Å². The summed E-state index contributed by atoms with van der Waals surface area (Å²) in [6.45, 7) is 5.33. The van der Waals surface area contributed by atoms with Crippen molar-refractivity contribution >= 4 is 11.9 Å². The molecule has 1 N–H and O–H groups in total. The first-order valence-corrected chi connectivity index (χ1v) is 18.9. The number of nitrogens with one attached hydrogen (secondary N) is 1. The summed E-state index contributed by atoms with van der Waals surface area (Å²) in [7, 11) is 0. The van der Waals surface area contributed by atoms with Crippen LogP contribution in [0.2, 0.25) is 0 Å². The Bertz CT molecular complexity index is 1070. The summed E-state index contributed by atoms with van der Waals surface area (Å²) in [6.07, 6.45) is 23.2. The van der Waals surface area contributed by atoms with Gasteiger partial charge in [0.15, 0.2) is 0 Å². The molecule has 1 heterocycles. The maximum Gasteiger partial charge on any atom is 0.387 e. The van der Waals surface area contributed by atoms with Crippen LogP contribution in [0.15, 0.2) is 46.8 Å². The molecule has 0 bridgehead atoms. The number of alkyl halides is 2. The molecule has 0 saturated heterocycles. The van der Waals surface area contributed by atoms with Crippen LogP contribution in [0.1, 0.15) is 168 Å². The standard InChI is InChI=1S/C40H63F2NO5/c1-5-7-9-11-13-15-17-19-21-25-29-46-38(44)35-31(3)43-32(4)36(37(35)33-27-23-24-28-34(33)48-40(41)42)39(45)47-30-26-22-20-18-16-14-12-10-8-6-2/h23-24,27-28,37,40,43H,5-22,25-26,29-30H2,1-4H3. The SMILES string of the molecule is CCCCCCCCCCCCOC(=O)C1=C(C)NC(C)=C(C(=O)OCCCCCCCCCCCC)C1c1ccccc1OC(F)F. The van der Waals surface area contributed by atoms with Gasteiger partial charge >= 0.3 is 18.6 Å². The van der Waals surface area contributed by atoms with Crippen molar-refractivity contribution in [1.29, 1.82) is 0 Å². The molecule has 0 fully saturated rings. The third-order valence-corrected chi connectivity index (χ3v) is 9.11. The molecular formula is C40H63F2NO5. The van der Waals surface area contributed by atoms with Crippen molar-refractivity contribution in [3.63, 3.8) is 0 Å². The second kappa shape index (κ2) is 25.1. The lowest BCUT2D eigenvalue weighted by Gasteiger charge is -2.31. The Morgan fingerprint density at radius 3 is 1.40 bits per heavy atom. The van der Waals surface area contributed by atoms with Gasteiger partial charge in [0, 0.05) is 17.0 Å². The van der Waals surface area contributed by atoms with Crippen LogP contribution in [0.5, 0.6) is 5.75 Å². The monoisotopic (exact) mass is 675 g/mol. The van der Waals surface area contributed by atoms with Crippen molar-refractivity contribution in [3.05, 3.63) is 52.4 Å². The molecule has 8 heteroatoms. The molecule has 272 valence electrons. The Hall–Kier alpha value is -2.90. The number of carbonyl (C=O) groups is 2. The lowest BCUT2D eigenvalue weighted by atomic mass is 9.80. The Morgan fingerprint density at radius 1 is 0.625 bits per heavy atom. The lowest BCUT2D eigenvalue weighted by Crippen LogP contribution is -2.33. The maximum atomic E-state index is 13.6. The minimum atomic E-state index is -3.07. The summed E-state index contributed by atoms with van der Waals surface area (Å²) < 4.78 is 43.3. The van der Waals surface area contributed by atoms with Gasteiger partial charge in [-0.25, -0.2) is 9.59 Å². The van der Waals surface area contributed by atoms with E-state index in [-0.39, 0.29) is 35.7 Å². The highest BCUT2D eigenvalue weighted by Gasteiger charge is 2.39. The van der Waals surface area contributed by atoms with Gasteiger partial charge in [-0.1, -0.05) is 148 Å².